The van der Waals surface area contributed by atoms with Crippen molar-refractivity contribution in [2.24, 2.45) is 11.8 Å². The van der Waals surface area contributed by atoms with Crippen LogP contribution in [0.2, 0.25) is 0 Å². The molecule has 2 saturated heterocycles. The third-order valence-corrected chi connectivity index (χ3v) is 8.16. The molecule has 170 valence electrons. The third-order valence-electron chi connectivity index (χ3n) is 7.05. The van der Waals surface area contributed by atoms with Crippen molar-refractivity contribution in [1.82, 2.24) is 14.9 Å². The van der Waals surface area contributed by atoms with Gasteiger partial charge in [-0.05, 0) is 50.9 Å². The standard InChI is InChI=1S/C23H34N4O3S/c1-17-8-12-27(13-9-17)23-24-16-20(31(2,29)30)21(25-23)18-10-14-26(15-11-18)22(28)19-6-4-3-5-7-19/h3-4,16-19H,5-15H2,1-2H3. The summed E-state index contributed by atoms with van der Waals surface area (Å²) in [6, 6.07) is 0. The van der Waals surface area contributed by atoms with Gasteiger partial charge in [0.1, 0.15) is 4.90 Å². The molecule has 0 saturated carbocycles. The molecule has 0 bridgehead atoms. The van der Waals surface area contributed by atoms with Crippen molar-refractivity contribution in [3.8, 4) is 0 Å². The molecule has 31 heavy (non-hydrogen) atoms. The number of hydrogen-bond acceptors (Lipinski definition) is 6. The molecule has 1 amide bonds. The Hall–Kier alpha value is -1.96. The second-order valence-electron chi connectivity index (χ2n) is 9.44. The number of anilines is 1. The Labute approximate surface area is 185 Å². The van der Waals surface area contributed by atoms with Crippen molar-refractivity contribution in [3.63, 3.8) is 0 Å². The van der Waals surface area contributed by atoms with Gasteiger partial charge in [0.05, 0.1) is 11.9 Å². The highest BCUT2D eigenvalue weighted by Crippen LogP contribution is 2.33. The predicted molar refractivity (Wildman–Crippen MR) is 121 cm³/mol. The molecule has 4 rings (SSSR count). The zero-order valence-electron chi connectivity index (χ0n) is 18.7. The Balaban J connectivity index is 1.50. The van der Waals surface area contributed by atoms with E-state index in [1.165, 1.54) is 12.5 Å². The Morgan fingerprint density at radius 3 is 2.35 bits per heavy atom. The number of hydrogen-bond donors (Lipinski definition) is 0. The van der Waals surface area contributed by atoms with Crippen LogP contribution in [-0.4, -0.2) is 61.6 Å². The number of likely N-dealkylation sites (tertiary alicyclic amines) is 1. The molecular formula is C23H34N4O3S. The molecule has 0 spiro atoms. The lowest BCUT2D eigenvalue weighted by Gasteiger charge is -2.35. The highest BCUT2D eigenvalue weighted by molar-refractivity contribution is 7.90. The van der Waals surface area contributed by atoms with Gasteiger partial charge in [-0.3, -0.25) is 4.79 Å². The van der Waals surface area contributed by atoms with Crippen LogP contribution in [0, 0.1) is 11.8 Å². The molecule has 0 N–H and O–H groups in total. The second-order valence-corrected chi connectivity index (χ2v) is 11.4. The van der Waals surface area contributed by atoms with Crippen molar-refractivity contribution in [2.45, 2.75) is 62.7 Å². The maximum atomic E-state index is 12.9. The van der Waals surface area contributed by atoms with Crippen LogP contribution in [0.25, 0.3) is 0 Å². The van der Waals surface area contributed by atoms with E-state index in [4.69, 9.17) is 4.98 Å². The molecule has 3 heterocycles. The molecule has 7 nitrogen and oxygen atoms in total. The molecule has 1 aliphatic carbocycles. The molecule has 1 aromatic rings. The van der Waals surface area contributed by atoms with E-state index in [9.17, 15) is 13.2 Å². The molecule has 3 aliphatic rings. The number of nitrogens with zero attached hydrogens (tertiary/aromatic N) is 4. The first-order valence-corrected chi connectivity index (χ1v) is 13.5. The third kappa shape index (κ3) is 5.10. The topological polar surface area (TPSA) is 83.5 Å². The van der Waals surface area contributed by atoms with Crippen LogP contribution in [-0.2, 0) is 14.6 Å². The Morgan fingerprint density at radius 2 is 1.74 bits per heavy atom. The monoisotopic (exact) mass is 446 g/mol. The zero-order chi connectivity index (χ0) is 22.0. The number of aromatic nitrogens is 2. The number of allylic oxidation sites excluding steroid dienone is 2. The van der Waals surface area contributed by atoms with Gasteiger partial charge in [-0.1, -0.05) is 19.1 Å². The first-order valence-electron chi connectivity index (χ1n) is 11.6. The summed E-state index contributed by atoms with van der Waals surface area (Å²) >= 11 is 0. The summed E-state index contributed by atoms with van der Waals surface area (Å²) in [5.41, 5.74) is 0.638. The van der Waals surface area contributed by atoms with Gasteiger partial charge in [0.2, 0.25) is 11.9 Å². The minimum atomic E-state index is -3.42. The van der Waals surface area contributed by atoms with Gasteiger partial charge >= 0.3 is 0 Å². The molecule has 1 atom stereocenters. The number of sulfone groups is 1. The van der Waals surface area contributed by atoms with Gasteiger partial charge in [0.25, 0.3) is 0 Å². The molecular weight excluding hydrogens is 412 g/mol. The average Bonchev–Trinajstić information content (AvgIpc) is 2.79. The quantitative estimate of drug-likeness (QED) is 0.661. The lowest BCUT2D eigenvalue weighted by Crippen LogP contribution is -2.42. The van der Waals surface area contributed by atoms with Gasteiger partial charge < -0.3 is 9.80 Å². The zero-order valence-corrected chi connectivity index (χ0v) is 19.5. The van der Waals surface area contributed by atoms with E-state index in [0.717, 1.165) is 58.0 Å². The maximum absolute atomic E-state index is 12.9. The smallest absolute Gasteiger partial charge is 0.226 e. The normalized spacial score (nSPS) is 23.9. The number of carbonyl (C=O) groups is 1. The summed E-state index contributed by atoms with van der Waals surface area (Å²) in [4.78, 5) is 26.5. The van der Waals surface area contributed by atoms with E-state index >= 15 is 0 Å². The van der Waals surface area contributed by atoms with Crippen molar-refractivity contribution >= 4 is 21.7 Å². The van der Waals surface area contributed by atoms with Crippen molar-refractivity contribution in [1.29, 1.82) is 0 Å². The molecule has 2 fully saturated rings. The van der Waals surface area contributed by atoms with E-state index < -0.39 is 9.84 Å². The SMILES string of the molecule is CC1CCN(c2ncc(S(C)(=O)=O)c(C3CCN(C(=O)C4CC=CCC4)CC3)n2)CC1. The number of amides is 1. The first-order chi connectivity index (χ1) is 14.8. The fourth-order valence-corrected chi connectivity index (χ4v) is 5.80. The van der Waals surface area contributed by atoms with Crippen LogP contribution in [0.5, 0.6) is 0 Å². The fourth-order valence-electron chi connectivity index (χ4n) is 4.96. The molecule has 0 radical (unpaired) electrons. The van der Waals surface area contributed by atoms with E-state index in [1.54, 1.807) is 0 Å². The molecule has 1 aromatic heterocycles. The minimum absolute atomic E-state index is 0.0329. The summed E-state index contributed by atoms with van der Waals surface area (Å²) in [5, 5.41) is 0. The lowest BCUT2D eigenvalue weighted by atomic mass is 9.89. The van der Waals surface area contributed by atoms with Crippen LogP contribution < -0.4 is 4.90 Å². The maximum Gasteiger partial charge on any atom is 0.226 e. The largest absolute Gasteiger partial charge is 0.342 e. The Morgan fingerprint density at radius 1 is 1.03 bits per heavy atom. The highest BCUT2D eigenvalue weighted by atomic mass is 32.2. The summed E-state index contributed by atoms with van der Waals surface area (Å²) in [6.07, 6.45) is 13.4. The molecule has 8 heteroatoms. The molecule has 2 aliphatic heterocycles. The second kappa shape index (κ2) is 9.27. The van der Waals surface area contributed by atoms with E-state index in [2.05, 4.69) is 29.0 Å². The van der Waals surface area contributed by atoms with Crippen LogP contribution in [0.4, 0.5) is 5.95 Å². The van der Waals surface area contributed by atoms with Gasteiger partial charge in [0.15, 0.2) is 9.84 Å². The summed E-state index contributed by atoms with van der Waals surface area (Å²) in [7, 11) is -3.42. The number of carbonyl (C=O) groups excluding carboxylic acids is 1. The van der Waals surface area contributed by atoms with Gasteiger partial charge in [-0.15, -0.1) is 0 Å². The van der Waals surface area contributed by atoms with Gasteiger partial charge in [-0.25, -0.2) is 18.4 Å². The summed E-state index contributed by atoms with van der Waals surface area (Å²) in [5.74, 6) is 1.72. The summed E-state index contributed by atoms with van der Waals surface area (Å²) in [6.45, 7) is 5.39. The van der Waals surface area contributed by atoms with Crippen molar-refractivity contribution in [2.75, 3.05) is 37.3 Å². The fraction of sp³-hybridized carbons (Fsp3) is 0.696. The van der Waals surface area contributed by atoms with Gasteiger partial charge in [0, 0.05) is 44.3 Å². The van der Waals surface area contributed by atoms with Crippen LogP contribution >= 0.6 is 0 Å². The lowest BCUT2D eigenvalue weighted by molar-refractivity contribution is -0.136. The first kappa shape index (κ1) is 22.2. The Bertz CT molecular complexity index is 930. The van der Waals surface area contributed by atoms with E-state index in [1.807, 2.05) is 4.90 Å². The van der Waals surface area contributed by atoms with Crippen LogP contribution in [0.1, 0.15) is 63.5 Å². The molecule has 1 unspecified atom stereocenters. The van der Waals surface area contributed by atoms with E-state index in [-0.39, 0.29) is 22.6 Å². The van der Waals surface area contributed by atoms with Crippen LogP contribution in [0.15, 0.2) is 23.2 Å². The van der Waals surface area contributed by atoms with Crippen LogP contribution in [0.3, 0.4) is 0 Å². The number of piperidine rings is 2. The van der Waals surface area contributed by atoms with Gasteiger partial charge in [-0.2, -0.15) is 0 Å². The minimum Gasteiger partial charge on any atom is -0.342 e. The van der Waals surface area contributed by atoms with Crippen molar-refractivity contribution in [3.05, 3.63) is 24.0 Å². The highest BCUT2D eigenvalue weighted by Gasteiger charge is 2.32. The number of rotatable bonds is 4. The predicted octanol–water partition coefficient (Wildman–Crippen LogP) is 3.18. The Kier molecular flexibility index (Phi) is 6.65. The average molecular weight is 447 g/mol. The van der Waals surface area contributed by atoms with E-state index in [0.29, 0.717) is 30.6 Å². The molecule has 0 aromatic carbocycles. The van der Waals surface area contributed by atoms with Crippen molar-refractivity contribution < 1.29 is 13.2 Å². The summed E-state index contributed by atoms with van der Waals surface area (Å²) < 4.78 is 24.9.